The van der Waals surface area contributed by atoms with Gasteiger partial charge in [-0.3, -0.25) is 0 Å². The van der Waals surface area contributed by atoms with Gasteiger partial charge in [0.1, 0.15) is 0 Å². The fourth-order valence-corrected chi connectivity index (χ4v) is 1.93. The molecule has 0 aliphatic carbocycles. The van der Waals surface area contributed by atoms with Crippen LogP contribution in [0.1, 0.15) is 11.5 Å². The molecule has 0 amide bonds. The van der Waals surface area contributed by atoms with Gasteiger partial charge in [0.2, 0.25) is 0 Å². The Morgan fingerprint density at radius 1 is 1.47 bits per heavy atom. The quantitative estimate of drug-likeness (QED) is 0.745. The maximum absolute atomic E-state index is 9.19. The van der Waals surface area contributed by atoms with E-state index in [1.807, 2.05) is 24.4 Å². The maximum Gasteiger partial charge on any atom is 0.0512 e. The number of aromatic nitrogens is 1. The van der Waals surface area contributed by atoms with Gasteiger partial charge in [-0.25, -0.2) is 0 Å². The van der Waals surface area contributed by atoms with Crippen molar-refractivity contribution in [2.24, 2.45) is 5.73 Å². The third-order valence-corrected chi connectivity index (χ3v) is 2.86. The van der Waals surface area contributed by atoms with Crippen molar-refractivity contribution < 1.29 is 5.11 Å². The van der Waals surface area contributed by atoms with E-state index in [2.05, 4.69) is 4.98 Å². The van der Waals surface area contributed by atoms with Crippen LogP contribution in [0.25, 0.3) is 10.9 Å². The van der Waals surface area contributed by atoms with Crippen molar-refractivity contribution in [2.45, 2.75) is 5.92 Å². The molecule has 2 aromatic rings. The molecular formula is C11H13ClN2O. The summed E-state index contributed by atoms with van der Waals surface area (Å²) in [5, 5.41) is 11.0. The van der Waals surface area contributed by atoms with E-state index < -0.39 is 0 Å². The number of fused-ring (bicyclic) bond motifs is 1. The number of H-pyrrole nitrogens is 1. The Morgan fingerprint density at radius 2 is 2.27 bits per heavy atom. The van der Waals surface area contributed by atoms with Crippen molar-refractivity contribution >= 4 is 22.5 Å². The summed E-state index contributed by atoms with van der Waals surface area (Å²) in [6.07, 6.45) is 1.88. The molecule has 1 unspecified atom stereocenters. The monoisotopic (exact) mass is 224 g/mol. The smallest absolute Gasteiger partial charge is 0.0512 e. The van der Waals surface area contributed by atoms with E-state index in [9.17, 15) is 5.11 Å². The Bertz CT molecular complexity index is 463. The maximum atomic E-state index is 9.19. The average molecular weight is 225 g/mol. The molecule has 1 aromatic heterocycles. The number of hydrogen-bond acceptors (Lipinski definition) is 2. The van der Waals surface area contributed by atoms with Crippen LogP contribution in [0.5, 0.6) is 0 Å². The summed E-state index contributed by atoms with van der Waals surface area (Å²) in [7, 11) is 0. The molecule has 1 heterocycles. The summed E-state index contributed by atoms with van der Waals surface area (Å²) >= 11 is 5.88. The molecule has 4 heteroatoms. The van der Waals surface area contributed by atoms with E-state index in [1.54, 1.807) is 0 Å². The van der Waals surface area contributed by atoms with Crippen LogP contribution in [0.3, 0.4) is 0 Å². The van der Waals surface area contributed by atoms with Gasteiger partial charge >= 0.3 is 0 Å². The molecule has 1 aromatic carbocycles. The SMILES string of the molecule is NCC(CO)c1c[nH]c2cc(Cl)ccc12. The minimum Gasteiger partial charge on any atom is -0.396 e. The fraction of sp³-hybridized carbons (Fsp3) is 0.273. The van der Waals surface area contributed by atoms with Crippen LogP contribution in [-0.2, 0) is 0 Å². The molecule has 3 nitrogen and oxygen atoms in total. The normalized spacial score (nSPS) is 13.3. The number of aromatic amines is 1. The molecule has 0 aliphatic rings. The number of aliphatic hydroxyl groups excluding tert-OH is 1. The van der Waals surface area contributed by atoms with Gasteiger partial charge in [0.15, 0.2) is 0 Å². The molecular weight excluding hydrogens is 212 g/mol. The molecule has 0 aliphatic heterocycles. The van der Waals surface area contributed by atoms with Gasteiger partial charge in [0.05, 0.1) is 6.61 Å². The second-order valence-corrected chi connectivity index (χ2v) is 3.99. The summed E-state index contributed by atoms with van der Waals surface area (Å²) < 4.78 is 0. The molecule has 0 bridgehead atoms. The summed E-state index contributed by atoms with van der Waals surface area (Å²) in [5.41, 5.74) is 7.62. The summed E-state index contributed by atoms with van der Waals surface area (Å²) in [6, 6.07) is 5.65. The first kappa shape index (κ1) is 10.5. The molecule has 4 N–H and O–H groups in total. The topological polar surface area (TPSA) is 62.0 Å². The highest BCUT2D eigenvalue weighted by Gasteiger charge is 2.13. The molecule has 1 atom stereocenters. The molecule has 0 fully saturated rings. The van der Waals surface area contributed by atoms with E-state index >= 15 is 0 Å². The number of halogens is 1. The molecule has 15 heavy (non-hydrogen) atoms. The minimum absolute atomic E-state index is 0.0140. The van der Waals surface area contributed by atoms with Crippen molar-refractivity contribution in [3.63, 3.8) is 0 Å². The van der Waals surface area contributed by atoms with Crippen molar-refractivity contribution in [1.82, 2.24) is 4.98 Å². The van der Waals surface area contributed by atoms with Gasteiger partial charge < -0.3 is 15.8 Å². The van der Waals surface area contributed by atoms with Crippen LogP contribution in [0.2, 0.25) is 5.02 Å². The Balaban J connectivity index is 2.53. The number of nitrogens with two attached hydrogens (primary N) is 1. The lowest BCUT2D eigenvalue weighted by atomic mass is 10.00. The van der Waals surface area contributed by atoms with Gasteiger partial charge in [-0.15, -0.1) is 0 Å². The predicted octanol–water partition coefficient (Wildman–Crippen LogP) is 1.86. The zero-order valence-electron chi connectivity index (χ0n) is 8.20. The Morgan fingerprint density at radius 3 is 2.93 bits per heavy atom. The van der Waals surface area contributed by atoms with E-state index in [4.69, 9.17) is 17.3 Å². The largest absolute Gasteiger partial charge is 0.396 e. The van der Waals surface area contributed by atoms with Crippen molar-refractivity contribution in [2.75, 3.05) is 13.2 Å². The number of rotatable bonds is 3. The lowest BCUT2D eigenvalue weighted by molar-refractivity contribution is 0.268. The fourth-order valence-electron chi connectivity index (χ4n) is 1.76. The Hall–Kier alpha value is -1.03. The third-order valence-electron chi connectivity index (χ3n) is 2.62. The first-order valence-corrected chi connectivity index (χ1v) is 5.21. The van der Waals surface area contributed by atoms with E-state index in [-0.39, 0.29) is 12.5 Å². The standard InChI is InChI=1S/C11H13ClN2O/c12-8-1-2-9-10(7(4-13)6-15)5-14-11(9)3-8/h1-3,5,7,14-15H,4,6,13H2. The lowest BCUT2D eigenvalue weighted by Crippen LogP contribution is -2.15. The van der Waals surface area contributed by atoms with Gasteiger partial charge in [-0.1, -0.05) is 17.7 Å². The first-order chi connectivity index (χ1) is 7.26. The molecule has 2 rings (SSSR count). The highest BCUT2D eigenvalue weighted by Crippen LogP contribution is 2.26. The zero-order chi connectivity index (χ0) is 10.8. The van der Waals surface area contributed by atoms with Crippen molar-refractivity contribution in [3.05, 3.63) is 35.0 Å². The van der Waals surface area contributed by atoms with Gasteiger partial charge in [-0.2, -0.15) is 0 Å². The first-order valence-electron chi connectivity index (χ1n) is 4.83. The highest BCUT2D eigenvalue weighted by molar-refractivity contribution is 6.31. The van der Waals surface area contributed by atoms with Crippen LogP contribution in [0.15, 0.2) is 24.4 Å². The zero-order valence-corrected chi connectivity index (χ0v) is 8.96. The Labute approximate surface area is 92.9 Å². The van der Waals surface area contributed by atoms with E-state index in [1.165, 1.54) is 0 Å². The molecule has 0 radical (unpaired) electrons. The summed E-state index contributed by atoms with van der Waals surface area (Å²) in [6.45, 7) is 0.498. The highest BCUT2D eigenvalue weighted by atomic mass is 35.5. The summed E-state index contributed by atoms with van der Waals surface area (Å²) in [5.74, 6) is -0.0140. The second-order valence-electron chi connectivity index (χ2n) is 3.55. The number of hydrogen-bond donors (Lipinski definition) is 3. The van der Waals surface area contributed by atoms with Crippen LogP contribution in [0, 0.1) is 0 Å². The molecule has 80 valence electrons. The van der Waals surface area contributed by atoms with Gasteiger partial charge in [0.25, 0.3) is 0 Å². The van der Waals surface area contributed by atoms with Crippen molar-refractivity contribution in [1.29, 1.82) is 0 Å². The van der Waals surface area contributed by atoms with Crippen LogP contribution >= 0.6 is 11.6 Å². The van der Waals surface area contributed by atoms with Gasteiger partial charge in [-0.05, 0) is 17.7 Å². The molecule has 0 saturated heterocycles. The Kier molecular flexibility index (Phi) is 2.95. The van der Waals surface area contributed by atoms with Crippen LogP contribution in [-0.4, -0.2) is 23.2 Å². The van der Waals surface area contributed by atoms with Crippen LogP contribution < -0.4 is 5.73 Å². The predicted molar refractivity (Wildman–Crippen MR) is 62.2 cm³/mol. The van der Waals surface area contributed by atoms with E-state index in [0.717, 1.165) is 16.5 Å². The molecule has 0 spiro atoms. The third kappa shape index (κ3) is 1.86. The second kappa shape index (κ2) is 4.23. The number of aliphatic hydroxyl groups is 1. The minimum atomic E-state index is -0.0140. The lowest BCUT2D eigenvalue weighted by Gasteiger charge is -2.09. The van der Waals surface area contributed by atoms with Crippen LogP contribution in [0.4, 0.5) is 0 Å². The van der Waals surface area contributed by atoms with E-state index in [0.29, 0.717) is 11.6 Å². The molecule has 0 saturated carbocycles. The number of nitrogens with one attached hydrogen (secondary N) is 1. The van der Waals surface area contributed by atoms with Gasteiger partial charge in [0, 0.05) is 34.6 Å². The average Bonchev–Trinajstić information content (AvgIpc) is 2.63. The van der Waals surface area contributed by atoms with Crippen molar-refractivity contribution in [3.8, 4) is 0 Å². The number of benzene rings is 1. The summed E-state index contributed by atoms with van der Waals surface area (Å²) in [4.78, 5) is 3.13.